The van der Waals surface area contributed by atoms with Crippen molar-refractivity contribution in [3.05, 3.63) is 11.1 Å². The van der Waals surface area contributed by atoms with Gasteiger partial charge in [-0.1, -0.05) is 0 Å². The number of amides is 1. The largest absolute Gasteiger partial charge is 0.480 e. The normalized spacial score (nSPS) is 11.1. The van der Waals surface area contributed by atoms with Gasteiger partial charge in [0.05, 0.1) is 18.8 Å². The highest BCUT2D eigenvalue weighted by Gasteiger charge is 2.15. The molecule has 0 aliphatic heterocycles. The average Bonchev–Trinajstić information content (AvgIpc) is 2.70. The number of aryl methyl sites for hydroxylation is 1. The van der Waals surface area contributed by atoms with Gasteiger partial charge in [-0.05, 0) is 21.0 Å². The van der Waals surface area contributed by atoms with E-state index in [0.29, 0.717) is 18.2 Å². The molecule has 0 saturated carbocycles. The quantitative estimate of drug-likeness (QED) is 0.720. The van der Waals surface area contributed by atoms with Crippen molar-refractivity contribution in [2.75, 3.05) is 45.6 Å². The summed E-state index contributed by atoms with van der Waals surface area (Å²) in [6, 6.07) is 0. The molecule has 1 aromatic heterocycles. The Balaban J connectivity index is 2.49. The molecule has 0 radical (unpaired) electrons. The maximum Gasteiger partial charge on any atom is 0.317 e. The lowest BCUT2D eigenvalue weighted by molar-refractivity contribution is -0.138. The van der Waals surface area contributed by atoms with E-state index in [0.717, 1.165) is 5.69 Å². The number of thiazole rings is 1. The van der Waals surface area contributed by atoms with Crippen LogP contribution in [-0.4, -0.2) is 72.0 Å². The Kier molecular flexibility index (Phi) is 6.56. The van der Waals surface area contributed by atoms with E-state index in [1.807, 2.05) is 31.3 Å². The molecule has 20 heavy (non-hydrogen) atoms. The first-order chi connectivity index (χ1) is 9.36. The highest BCUT2D eigenvalue weighted by molar-refractivity contribution is 7.13. The van der Waals surface area contributed by atoms with Gasteiger partial charge in [0.25, 0.3) is 0 Å². The van der Waals surface area contributed by atoms with E-state index in [1.165, 1.54) is 11.3 Å². The van der Waals surface area contributed by atoms with Crippen molar-refractivity contribution < 1.29 is 14.7 Å². The molecule has 0 unspecified atom stereocenters. The number of nitrogens with zero attached hydrogens (tertiary/aromatic N) is 3. The van der Waals surface area contributed by atoms with Crippen LogP contribution in [0.15, 0.2) is 5.38 Å². The van der Waals surface area contributed by atoms with E-state index in [1.54, 1.807) is 4.90 Å². The van der Waals surface area contributed by atoms with Crippen LogP contribution in [0.1, 0.15) is 5.69 Å². The van der Waals surface area contributed by atoms with Gasteiger partial charge >= 0.3 is 5.97 Å². The number of hydrogen-bond acceptors (Lipinski definition) is 6. The third kappa shape index (κ3) is 6.60. The first kappa shape index (κ1) is 16.5. The molecule has 0 fully saturated rings. The van der Waals surface area contributed by atoms with E-state index in [9.17, 15) is 9.59 Å². The predicted molar refractivity (Wildman–Crippen MR) is 78.1 cm³/mol. The zero-order valence-electron chi connectivity index (χ0n) is 11.9. The van der Waals surface area contributed by atoms with Gasteiger partial charge in [-0.15, -0.1) is 11.3 Å². The highest BCUT2D eigenvalue weighted by Crippen LogP contribution is 2.14. The Morgan fingerprint density at radius 1 is 1.35 bits per heavy atom. The second kappa shape index (κ2) is 7.93. The van der Waals surface area contributed by atoms with Crippen LogP contribution in [0.3, 0.4) is 0 Å². The lowest BCUT2D eigenvalue weighted by Crippen LogP contribution is -2.40. The molecule has 112 valence electrons. The number of anilines is 1. The Hall–Kier alpha value is -1.51. The van der Waals surface area contributed by atoms with Crippen molar-refractivity contribution in [3.63, 3.8) is 0 Å². The molecule has 0 bridgehead atoms. The van der Waals surface area contributed by atoms with Gasteiger partial charge in [0.1, 0.15) is 0 Å². The first-order valence-electron chi connectivity index (χ1n) is 6.17. The molecule has 0 aliphatic rings. The number of carbonyl (C=O) groups is 2. The highest BCUT2D eigenvalue weighted by atomic mass is 32.1. The molecular formula is C12H20N4O3S. The minimum Gasteiger partial charge on any atom is -0.480 e. The molecule has 1 heterocycles. The number of aliphatic carboxylic acids is 1. The fourth-order valence-corrected chi connectivity index (χ4v) is 2.22. The zero-order chi connectivity index (χ0) is 15.1. The van der Waals surface area contributed by atoms with Crippen LogP contribution >= 0.6 is 11.3 Å². The van der Waals surface area contributed by atoms with Crippen LogP contribution in [0, 0.1) is 6.92 Å². The van der Waals surface area contributed by atoms with Crippen molar-refractivity contribution >= 4 is 28.3 Å². The summed E-state index contributed by atoms with van der Waals surface area (Å²) in [5.74, 6) is -1.19. The average molecular weight is 300 g/mol. The SMILES string of the molecule is Cc1csc(NC(=O)CN(CCN(C)C)CC(=O)O)n1. The van der Waals surface area contributed by atoms with Crippen molar-refractivity contribution in [2.24, 2.45) is 0 Å². The summed E-state index contributed by atoms with van der Waals surface area (Å²) in [6.45, 7) is 2.94. The standard InChI is InChI=1S/C12H20N4O3S/c1-9-8-20-12(13-9)14-10(17)6-16(7-11(18)19)5-4-15(2)3/h8H,4-7H2,1-3H3,(H,18,19)(H,13,14,17). The number of carboxylic acid groups (broad SMARTS) is 1. The van der Waals surface area contributed by atoms with E-state index >= 15 is 0 Å². The topological polar surface area (TPSA) is 85.8 Å². The van der Waals surface area contributed by atoms with Crippen molar-refractivity contribution in [2.45, 2.75) is 6.92 Å². The Bertz CT molecular complexity index is 461. The maximum atomic E-state index is 11.9. The number of hydrogen-bond donors (Lipinski definition) is 2. The summed E-state index contributed by atoms with van der Waals surface area (Å²) in [6.07, 6.45) is 0. The van der Waals surface area contributed by atoms with Gasteiger partial charge in [0.2, 0.25) is 5.91 Å². The minimum absolute atomic E-state index is 0.0404. The van der Waals surface area contributed by atoms with Crippen LogP contribution in [0.5, 0.6) is 0 Å². The van der Waals surface area contributed by atoms with E-state index in [-0.39, 0.29) is 19.0 Å². The van der Waals surface area contributed by atoms with Crippen LogP contribution in [0.25, 0.3) is 0 Å². The molecule has 1 amide bonds. The summed E-state index contributed by atoms with van der Waals surface area (Å²) in [5.41, 5.74) is 0.847. The third-order valence-corrected chi connectivity index (χ3v) is 3.33. The minimum atomic E-state index is -0.943. The lowest BCUT2D eigenvalue weighted by atomic mass is 10.4. The summed E-state index contributed by atoms with van der Waals surface area (Å²) in [4.78, 5) is 30.3. The van der Waals surface area contributed by atoms with Crippen LogP contribution < -0.4 is 5.32 Å². The molecule has 8 heteroatoms. The van der Waals surface area contributed by atoms with E-state index < -0.39 is 5.97 Å². The predicted octanol–water partition coefficient (Wildman–Crippen LogP) is 0.338. The molecular weight excluding hydrogens is 280 g/mol. The smallest absolute Gasteiger partial charge is 0.317 e. The van der Waals surface area contributed by atoms with Gasteiger partial charge in [-0.25, -0.2) is 4.98 Å². The van der Waals surface area contributed by atoms with Crippen LogP contribution in [0.4, 0.5) is 5.13 Å². The molecule has 0 saturated heterocycles. The zero-order valence-corrected chi connectivity index (χ0v) is 12.7. The van der Waals surface area contributed by atoms with Gasteiger partial charge in [-0.3, -0.25) is 14.5 Å². The number of aromatic nitrogens is 1. The second-order valence-corrected chi connectivity index (χ2v) is 5.61. The molecule has 2 N–H and O–H groups in total. The summed E-state index contributed by atoms with van der Waals surface area (Å²) in [5, 5.41) is 13.9. The lowest BCUT2D eigenvalue weighted by Gasteiger charge is -2.21. The van der Waals surface area contributed by atoms with Gasteiger partial charge in [0, 0.05) is 18.5 Å². The molecule has 0 atom stereocenters. The summed E-state index contributed by atoms with van der Waals surface area (Å²) in [7, 11) is 3.80. The third-order valence-electron chi connectivity index (χ3n) is 2.45. The number of nitrogens with one attached hydrogen (secondary N) is 1. The molecule has 1 rings (SSSR count). The maximum absolute atomic E-state index is 11.9. The van der Waals surface area contributed by atoms with Crippen molar-refractivity contribution in [3.8, 4) is 0 Å². The number of carboxylic acids is 1. The number of carbonyl (C=O) groups excluding carboxylic acids is 1. The van der Waals surface area contributed by atoms with Crippen LogP contribution in [-0.2, 0) is 9.59 Å². The molecule has 7 nitrogen and oxygen atoms in total. The summed E-state index contributed by atoms with van der Waals surface area (Å²) >= 11 is 1.35. The molecule has 0 aliphatic carbocycles. The number of likely N-dealkylation sites (N-methyl/N-ethyl adjacent to an activating group) is 1. The second-order valence-electron chi connectivity index (χ2n) is 4.75. The van der Waals surface area contributed by atoms with Gasteiger partial charge < -0.3 is 15.3 Å². The first-order valence-corrected chi connectivity index (χ1v) is 7.05. The Morgan fingerprint density at radius 3 is 2.55 bits per heavy atom. The van der Waals surface area contributed by atoms with Crippen LogP contribution in [0.2, 0.25) is 0 Å². The molecule has 0 aromatic carbocycles. The fraction of sp³-hybridized carbons (Fsp3) is 0.583. The molecule has 0 spiro atoms. The summed E-state index contributed by atoms with van der Waals surface area (Å²) < 4.78 is 0. The van der Waals surface area contributed by atoms with Gasteiger partial charge in [0.15, 0.2) is 5.13 Å². The van der Waals surface area contributed by atoms with Crippen molar-refractivity contribution in [1.82, 2.24) is 14.8 Å². The van der Waals surface area contributed by atoms with E-state index in [2.05, 4.69) is 10.3 Å². The molecule has 1 aromatic rings. The fourth-order valence-electron chi connectivity index (χ4n) is 1.52. The van der Waals surface area contributed by atoms with E-state index in [4.69, 9.17) is 5.11 Å². The number of rotatable bonds is 8. The Labute approximate surface area is 122 Å². The van der Waals surface area contributed by atoms with Gasteiger partial charge in [-0.2, -0.15) is 0 Å². The monoisotopic (exact) mass is 300 g/mol. The van der Waals surface area contributed by atoms with Crippen molar-refractivity contribution in [1.29, 1.82) is 0 Å². The Morgan fingerprint density at radius 2 is 2.05 bits per heavy atom.